The number of pyridine rings is 1. The number of hydrogen-bond donors (Lipinski definition) is 1. The van der Waals surface area contributed by atoms with Gasteiger partial charge in [-0.15, -0.1) is 0 Å². The van der Waals surface area contributed by atoms with Gasteiger partial charge in [-0.25, -0.2) is 0 Å². The van der Waals surface area contributed by atoms with Gasteiger partial charge in [-0.1, -0.05) is 26.2 Å². The first-order valence-electron chi connectivity index (χ1n) is 7.31. The third-order valence-electron chi connectivity index (χ3n) is 4.38. The highest BCUT2D eigenvalue weighted by atomic mass is 32.1. The van der Waals surface area contributed by atoms with Crippen molar-refractivity contribution >= 4 is 12.2 Å². The summed E-state index contributed by atoms with van der Waals surface area (Å²) >= 11 is 5.40. The summed E-state index contributed by atoms with van der Waals surface area (Å²) in [7, 11) is 0. The van der Waals surface area contributed by atoms with E-state index in [0.717, 1.165) is 23.9 Å². The SMILES string of the molecule is CC1CCCCC1Cn1c(-c2cccnc2)n[nH]c1=S. The van der Waals surface area contributed by atoms with Crippen molar-refractivity contribution < 1.29 is 0 Å². The van der Waals surface area contributed by atoms with Gasteiger partial charge in [-0.2, -0.15) is 5.10 Å². The number of aromatic amines is 1. The number of aromatic nitrogens is 4. The van der Waals surface area contributed by atoms with Crippen molar-refractivity contribution in [1.82, 2.24) is 19.7 Å². The van der Waals surface area contributed by atoms with Gasteiger partial charge in [0.05, 0.1) is 0 Å². The fourth-order valence-corrected chi connectivity index (χ4v) is 3.31. The van der Waals surface area contributed by atoms with Crippen molar-refractivity contribution in [1.29, 1.82) is 0 Å². The van der Waals surface area contributed by atoms with Gasteiger partial charge in [0.15, 0.2) is 10.6 Å². The minimum Gasteiger partial charge on any atom is -0.300 e. The number of nitrogens with one attached hydrogen (secondary N) is 1. The van der Waals surface area contributed by atoms with E-state index in [9.17, 15) is 0 Å². The maximum atomic E-state index is 5.40. The van der Waals surface area contributed by atoms with Gasteiger partial charge >= 0.3 is 0 Å². The molecule has 0 amide bonds. The average Bonchev–Trinajstić information content (AvgIpc) is 2.84. The molecule has 2 aromatic rings. The topological polar surface area (TPSA) is 46.5 Å². The first-order chi connectivity index (χ1) is 9.75. The molecule has 1 aliphatic rings. The lowest BCUT2D eigenvalue weighted by molar-refractivity contribution is 0.228. The monoisotopic (exact) mass is 288 g/mol. The van der Waals surface area contributed by atoms with E-state index in [1.165, 1.54) is 25.7 Å². The minimum atomic E-state index is 0.698. The highest BCUT2D eigenvalue weighted by Gasteiger charge is 2.23. The summed E-state index contributed by atoms with van der Waals surface area (Å²) in [5.74, 6) is 2.37. The molecule has 0 radical (unpaired) electrons. The molecule has 2 heterocycles. The molecular formula is C15H20N4S. The first kappa shape index (κ1) is 13.5. The lowest BCUT2D eigenvalue weighted by Gasteiger charge is -2.29. The van der Waals surface area contributed by atoms with Gasteiger partial charge in [-0.3, -0.25) is 14.6 Å². The molecule has 0 saturated heterocycles. The Bertz CT molecular complexity index is 616. The van der Waals surface area contributed by atoms with Crippen molar-refractivity contribution in [2.75, 3.05) is 0 Å². The quantitative estimate of drug-likeness (QED) is 0.873. The van der Waals surface area contributed by atoms with Crippen molar-refractivity contribution in [3.63, 3.8) is 0 Å². The molecule has 3 rings (SSSR count). The molecule has 5 heteroatoms. The fraction of sp³-hybridized carbons (Fsp3) is 0.533. The fourth-order valence-electron chi connectivity index (χ4n) is 3.10. The molecule has 0 aromatic carbocycles. The molecule has 0 bridgehead atoms. The highest BCUT2D eigenvalue weighted by molar-refractivity contribution is 7.71. The van der Waals surface area contributed by atoms with Crippen LogP contribution in [0.15, 0.2) is 24.5 Å². The van der Waals surface area contributed by atoms with Crippen molar-refractivity contribution in [2.24, 2.45) is 11.8 Å². The molecule has 20 heavy (non-hydrogen) atoms. The second kappa shape index (κ2) is 5.87. The second-order valence-corrected chi connectivity index (χ2v) is 6.11. The van der Waals surface area contributed by atoms with E-state index >= 15 is 0 Å². The molecule has 0 spiro atoms. The Morgan fingerprint density at radius 3 is 3.00 bits per heavy atom. The summed E-state index contributed by atoms with van der Waals surface area (Å²) in [5.41, 5.74) is 1.02. The van der Waals surface area contributed by atoms with E-state index in [1.807, 2.05) is 18.3 Å². The van der Waals surface area contributed by atoms with Crippen LogP contribution in [0.5, 0.6) is 0 Å². The second-order valence-electron chi connectivity index (χ2n) is 5.73. The standard InChI is InChI=1S/C15H20N4S/c1-11-5-2-3-6-13(11)10-19-14(17-18-15(19)20)12-7-4-8-16-9-12/h4,7-9,11,13H,2-3,5-6,10H2,1H3,(H,18,20). The van der Waals surface area contributed by atoms with E-state index in [2.05, 4.69) is 26.7 Å². The van der Waals surface area contributed by atoms with Crippen molar-refractivity contribution in [3.8, 4) is 11.4 Å². The van der Waals surface area contributed by atoms with Crippen molar-refractivity contribution in [3.05, 3.63) is 29.3 Å². The summed E-state index contributed by atoms with van der Waals surface area (Å²) in [6.07, 6.45) is 8.94. The third kappa shape index (κ3) is 2.68. The predicted octanol–water partition coefficient (Wildman–Crippen LogP) is 3.83. The molecule has 1 N–H and O–H groups in total. The van der Waals surface area contributed by atoms with Gasteiger partial charge < -0.3 is 0 Å². The number of nitrogens with zero attached hydrogens (tertiary/aromatic N) is 3. The summed E-state index contributed by atoms with van der Waals surface area (Å²) < 4.78 is 2.85. The molecule has 2 aromatic heterocycles. The van der Waals surface area contributed by atoms with E-state index in [1.54, 1.807) is 6.20 Å². The maximum Gasteiger partial charge on any atom is 0.195 e. The van der Waals surface area contributed by atoms with Crippen LogP contribution in [0.2, 0.25) is 0 Å². The van der Waals surface area contributed by atoms with Gasteiger partial charge in [0.2, 0.25) is 0 Å². The lowest BCUT2D eigenvalue weighted by Crippen LogP contribution is -2.22. The molecule has 2 atom stereocenters. The molecule has 1 saturated carbocycles. The van der Waals surface area contributed by atoms with Crippen molar-refractivity contribution in [2.45, 2.75) is 39.2 Å². The van der Waals surface area contributed by atoms with E-state index < -0.39 is 0 Å². The smallest absolute Gasteiger partial charge is 0.195 e. The van der Waals surface area contributed by atoms with Crippen LogP contribution in [0.25, 0.3) is 11.4 Å². The first-order valence-corrected chi connectivity index (χ1v) is 7.72. The summed E-state index contributed by atoms with van der Waals surface area (Å²) in [5, 5.41) is 7.31. The zero-order valence-corrected chi connectivity index (χ0v) is 12.6. The van der Waals surface area contributed by atoms with Crippen LogP contribution in [-0.4, -0.2) is 19.7 Å². The Labute approximate surface area is 124 Å². The number of rotatable bonds is 3. The molecule has 2 unspecified atom stereocenters. The van der Waals surface area contributed by atoms with E-state index in [4.69, 9.17) is 12.2 Å². The van der Waals surface area contributed by atoms with Crippen LogP contribution in [0.3, 0.4) is 0 Å². The summed E-state index contributed by atoms with van der Waals surface area (Å²) in [6.45, 7) is 3.32. The van der Waals surface area contributed by atoms with E-state index in [0.29, 0.717) is 10.7 Å². The zero-order chi connectivity index (χ0) is 13.9. The Balaban J connectivity index is 1.90. The normalized spacial score (nSPS) is 22.9. The largest absolute Gasteiger partial charge is 0.300 e. The van der Waals surface area contributed by atoms with Crippen LogP contribution < -0.4 is 0 Å². The van der Waals surface area contributed by atoms with Gasteiger partial charge in [0.1, 0.15) is 0 Å². The number of hydrogen-bond acceptors (Lipinski definition) is 3. The molecule has 4 nitrogen and oxygen atoms in total. The van der Waals surface area contributed by atoms with E-state index in [-0.39, 0.29) is 0 Å². The van der Waals surface area contributed by atoms with Crippen LogP contribution >= 0.6 is 12.2 Å². The molecule has 106 valence electrons. The zero-order valence-electron chi connectivity index (χ0n) is 11.7. The average molecular weight is 288 g/mol. The Morgan fingerprint density at radius 2 is 2.25 bits per heavy atom. The maximum absolute atomic E-state index is 5.40. The Morgan fingerprint density at radius 1 is 1.40 bits per heavy atom. The Kier molecular flexibility index (Phi) is 3.96. The minimum absolute atomic E-state index is 0.698. The third-order valence-corrected chi connectivity index (χ3v) is 4.70. The van der Waals surface area contributed by atoms with Gasteiger partial charge in [-0.05, 0) is 42.6 Å². The molecule has 0 aliphatic heterocycles. The highest BCUT2D eigenvalue weighted by Crippen LogP contribution is 2.31. The van der Waals surface area contributed by atoms with Crippen LogP contribution in [0.4, 0.5) is 0 Å². The molecule has 1 aliphatic carbocycles. The Hall–Kier alpha value is -1.49. The molecule has 1 fully saturated rings. The molecular weight excluding hydrogens is 268 g/mol. The summed E-state index contributed by atoms with van der Waals surface area (Å²) in [4.78, 5) is 4.17. The van der Waals surface area contributed by atoms with Crippen LogP contribution in [0.1, 0.15) is 32.6 Å². The number of H-pyrrole nitrogens is 1. The van der Waals surface area contributed by atoms with Crippen LogP contribution in [-0.2, 0) is 6.54 Å². The van der Waals surface area contributed by atoms with Gasteiger partial charge in [0.25, 0.3) is 0 Å². The van der Waals surface area contributed by atoms with Gasteiger partial charge in [0, 0.05) is 24.5 Å². The summed E-state index contributed by atoms with van der Waals surface area (Å²) in [6, 6.07) is 3.96. The van der Waals surface area contributed by atoms with Crippen LogP contribution in [0, 0.1) is 16.6 Å². The lowest BCUT2D eigenvalue weighted by atomic mass is 9.80. The predicted molar refractivity (Wildman–Crippen MR) is 81.8 cm³/mol.